The molecule has 0 spiro atoms. The number of methoxy groups -OCH3 is 1. The van der Waals surface area contributed by atoms with Crippen LogP contribution in [0.2, 0.25) is 0 Å². The molecule has 2 unspecified atom stereocenters. The van der Waals surface area contributed by atoms with Gasteiger partial charge in [0, 0.05) is 12.2 Å². The van der Waals surface area contributed by atoms with Crippen molar-refractivity contribution >= 4 is 0 Å². The first-order chi connectivity index (χ1) is 10.2. The molecule has 21 heavy (non-hydrogen) atoms. The Bertz CT molecular complexity index is 444. The lowest BCUT2D eigenvalue weighted by molar-refractivity contribution is -0.0750. The largest absolute Gasteiger partial charge is 0.494 e. The van der Waals surface area contributed by atoms with Crippen LogP contribution in [0.4, 0.5) is 4.39 Å². The second-order valence-corrected chi connectivity index (χ2v) is 5.63. The fourth-order valence-electron chi connectivity index (χ4n) is 3.23. The average molecular weight is 296 g/mol. The van der Waals surface area contributed by atoms with Crippen LogP contribution in [-0.4, -0.2) is 24.9 Å². The lowest BCUT2D eigenvalue weighted by Gasteiger charge is -2.33. The highest BCUT2D eigenvalue weighted by molar-refractivity contribution is 5.33. The van der Waals surface area contributed by atoms with E-state index in [9.17, 15) is 9.50 Å². The third-order valence-electron chi connectivity index (χ3n) is 4.32. The van der Waals surface area contributed by atoms with Crippen LogP contribution in [0.15, 0.2) is 18.2 Å². The molecular weight excluding hydrogens is 271 g/mol. The Morgan fingerprint density at radius 3 is 2.62 bits per heavy atom. The van der Waals surface area contributed by atoms with Crippen LogP contribution in [0.3, 0.4) is 0 Å². The molecule has 2 rings (SSSR count). The molecule has 0 heterocycles. The van der Waals surface area contributed by atoms with Crippen LogP contribution in [-0.2, 0) is 4.74 Å². The summed E-state index contributed by atoms with van der Waals surface area (Å²) in [5, 5.41) is 10.6. The van der Waals surface area contributed by atoms with Crippen molar-refractivity contribution in [2.45, 2.75) is 51.2 Å². The molecule has 0 saturated heterocycles. The van der Waals surface area contributed by atoms with Gasteiger partial charge in [0.1, 0.15) is 6.10 Å². The molecule has 118 valence electrons. The Morgan fingerprint density at radius 2 is 2.00 bits per heavy atom. The number of rotatable bonds is 6. The van der Waals surface area contributed by atoms with E-state index in [1.165, 1.54) is 13.5 Å². The third kappa shape index (κ3) is 3.74. The summed E-state index contributed by atoms with van der Waals surface area (Å²) in [5.41, 5.74) is 0.262. The SMILES string of the molecule is CCOC(C1CCCCC1)C(O)c1cccc(OC)c1F. The molecule has 1 aliphatic rings. The second kappa shape index (κ2) is 7.76. The molecular formula is C17H25FO3. The first-order valence-electron chi connectivity index (χ1n) is 7.81. The van der Waals surface area contributed by atoms with E-state index in [0.29, 0.717) is 12.5 Å². The molecule has 1 aromatic rings. The zero-order valence-corrected chi connectivity index (χ0v) is 12.8. The maximum absolute atomic E-state index is 14.4. The maximum atomic E-state index is 14.4. The van der Waals surface area contributed by atoms with Gasteiger partial charge in [-0.25, -0.2) is 4.39 Å². The molecule has 0 radical (unpaired) electrons. The summed E-state index contributed by atoms with van der Waals surface area (Å²) in [5.74, 6) is -0.0437. The summed E-state index contributed by atoms with van der Waals surface area (Å²) in [7, 11) is 1.43. The second-order valence-electron chi connectivity index (χ2n) is 5.63. The normalized spacial score (nSPS) is 19.2. The van der Waals surface area contributed by atoms with E-state index in [2.05, 4.69) is 0 Å². The van der Waals surface area contributed by atoms with E-state index >= 15 is 0 Å². The Balaban J connectivity index is 2.23. The molecule has 0 aliphatic heterocycles. The number of aliphatic hydroxyl groups is 1. The molecule has 4 heteroatoms. The van der Waals surface area contributed by atoms with E-state index < -0.39 is 11.9 Å². The van der Waals surface area contributed by atoms with Crippen LogP contribution < -0.4 is 4.74 Å². The van der Waals surface area contributed by atoms with Gasteiger partial charge in [-0.15, -0.1) is 0 Å². The van der Waals surface area contributed by atoms with Crippen molar-refractivity contribution in [3.8, 4) is 5.75 Å². The fourth-order valence-corrected chi connectivity index (χ4v) is 3.23. The number of ether oxygens (including phenoxy) is 2. The van der Waals surface area contributed by atoms with Gasteiger partial charge >= 0.3 is 0 Å². The van der Waals surface area contributed by atoms with Gasteiger partial charge in [-0.3, -0.25) is 0 Å². The Kier molecular flexibility index (Phi) is 6.00. The molecule has 1 aromatic carbocycles. The van der Waals surface area contributed by atoms with Crippen LogP contribution in [0.1, 0.15) is 50.7 Å². The molecule has 1 saturated carbocycles. The van der Waals surface area contributed by atoms with Crippen molar-refractivity contribution in [1.82, 2.24) is 0 Å². The van der Waals surface area contributed by atoms with Gasteiger partial charge in [0.2, 0.25) is 0 Å². The Hall–Kier alpha value is -1.13. The van der Waals surface area contributed by atoms with Crippen molar-refractivity contribution in [2.24, 2.45) is 5.92 Å². The predicted molar refractivity (Wildman–Crippen MR) is 79.9 cm³/mol. The standard InChI is InChI=1S/C17H25FO3/c1-3-21-17(12-8-5-4-6-9-12)16(19)13-10-7-11-14(20-2)15(13)18/h7,10-12,16-17,19H,3-6,8-9H2,1-2H3. The van der Waals surface area contributed by atoms with Gasteiger partial charge in [-0.2, -0.15) is 0 Å². The van der Waals surface area contributed by atoms with Crippen LogP contribution in [0.25, 0.3) is 0 Å². The predicted octanol–water partition coefficient (Wildman–Crippen LogP) is 3.85. The summed E-state index contributed by atoms with van der Waals surface area (Å²) in [6.07, 6.45) is 4.31. The van der Waals surface area contributed by atoms with Crippen molar-refractivity contribution < 1.29 is 19.0 Å². The molecule has 1 aliphatic carbocycles. The fraction of sp³-hybridized carbons (Fsp3) is 0.647. The van der Waals surface area contributed by atoms with E-state index in [4.69, 9.17) is 9.47 Å². The number of halogens is 1. The minimum atomic E-state index is -0.955. The van der Waals surface area contributed by atoms with Crippen molar-refractivity contribution in [1.29, 1.82) is 0 Å². The lowest BCUT2D eigenvalue weighted by atomic mass is 9.81. The zero-order valence-electron chi connectivity index (χ0n) is 12.8. The molecule has 1 N–H and O–H groups in total. The topological polar surface area (TPSA) is 38.7 Å². The highest BCUT2D eigenvalue weighted by atomic mass is 19.1. The summed E-state index contributed by atoms with van der Waals surface area (Å²) in [6, 6.07) is 4.86. The Morgan fingerprint density at radius 1 is 1.29 bits per heavy atom. The highest BCUT2D eigenvalue weighted by Crippen LogP contribution is 2.36. The minimum Gasteiger partial charge on any atom is -0.494 e. The van der Waals surface area contributed by atoms with Crippen LogP contribution >= 0.6 is 0 Å². The maximum Gasteiger partial charge on any atom is 0.170 e. The third-order valence-corrected chi connectivity index (χ3v) is 4.32. The van der Waals surface area contributed by atoms with Gasteiger partial charge in [0.05, 0.1) is 13.2 Å². The van der Waals surface area contributed by atoms with E-state index in [1.807, 2.05) is 6.92 Å². The molecule has 0 amide bonds. The summed E-state index contributed by atoms with van der Waals surface area (Å²) in [4.78, 5) is 0. The van der Waals surface area contributed by atoms with Gasteiger partial charge < -0.3 is 14.6 Å². The summed E-state index contributed by atoms with van der Waals surface area (Å²) < 4.78 is 25.1. The van der Waals surface area contributed by atoms with E-state index in [0.717, 1.165) is 25.7 Å². The van der Waals surface area contributed by atoms with Crippen LogP contribution in [0.5, 0.6) is 5.75 Å². The molecule has 1 fully saturated rings. The van der Waals surface area contributed by atoms with Crippen molar-refractivity contribution in [3.05, 3.63) is 29.6 Å². The van der Waals surface area contributed by atoms with E-state index in [-0.39, 0.29) is 17.4 Å². The van der Waals surface area contributed by atoms with Crippen LogP contribution in [0, 0.1) is 11.7 Å². The molecule has 0 aromatic heterocycles. The van der Waals surface area contributed by atoms with Gasteiger partial charge in [-0.1, -0.05) is 31.4 Å². The van der Waals surface area contributed by atoms with Crippen molar-refractivity contribution in [2.75, 3.05) is 13.7 Å². The first-order valence-corrected chi connectivity index (χ1v) is 7.81. The zero-order chi connectivity index (χ0) is 15.2. The summed E-state index contributed by atoms with van der Waals surface area (Å²) in [6.45, 7) is 2.42. The molecule has 2 atom stereocenters. The van der Waals surface area contributed by atoms with Crippen molar-refractivity contribution in [3.63, 3.8) is 0 Å². The number of hydrogen-bond donors (Lipinski definition) is 1. The number of aliphatic hydroxyl groups excluding tert-OH is 1. The monoisotopic (exact) mass is 296 g/mol. The van der Waals surface area contributed by atoms with Gasteiger partial charge in [-0.05, 0) is 31.7 Å². The quantitative estimate of drug-likeness (QED) is 0.866. The van der Waals surface area contributed by atoms with Gasteiger partial charge in [0.25, 0.3) is 0 Å². The molecule has 0 bridgehead atoms. The average Bonchev–Trinajstić information content (AvgIpc) is 2.53. The smallest absolute Gasteiger partial charge is 0.170 e. The molecule has 3 nitrogen and oxygen atoms in total. The summed E-state index contributed by atoms with van der Waals surface area (Å²) >= 11 is 0. The number of benzene rings is 1. The highest BCUT2D eigenvalue weighted by Gasteiger charge is 2.32. The first kappa shape index (κ1) is 16.2. The number of hydrogen-bond acceptors (Lipinski definition) is 3. The van der Waals surface area contributed by atoms with Gasteiger partial charge in [0.15, 0.2) is 11.6 Å². The minimum absolute atomic E-state index is 0.158. The Labute approximate surface area is 126 Å². The van der Waals surface area contributed by atoms with E-state index in [1.54, 1.807) is 18.2 Å². The lowest BCUT2D eigenvalue weighted by Crippen LogP contribution is -2.32.